The predicted molar refractivity (Wildman–Crippen MR) is 91.8 cm³/mol. The Labute approximate surface area is 153 Å². The summed E-state index contributed by atoms with van der Waals surface area (Å²) in [6, 6.07) is 0. The van der Waals surface area contributed by atoms with Gasteiger partial charge in [0.05, 0.1) is 12.2 Å². The Kier molecular flexibility index (Phi) is 6.78. The van der Waals surface area contributed by atoms with Crippen molar-refractivity contribution in [3.63, 3.8) is 0 Å². The highest BCUT2D eigenvalue weighted by Gasteiger charge is 2.23. The molecule has 26 heavy (non-hydrogen) atoms. The number of nitrogens with one attached hydrogen (secondary N) is 1. The summed E-state index contributed by atoms with van der Waals surface area (Å²) in [4.78, 5) is 36.9. The van der Waals surface area contributed by atoms with E-state index in [4.69, 9.17) is 9.47 Å². The van der Waals surface area contributed by atoms with E-state index in [-0.39, 0.29) is 13.2 Å². The van der Waals surface area contributed by atoms with Gasteiger partial charge < -0.3 is 14.8 Å². The Morgan fingerprint density at radius 2 is 2.04 bits per heavy atom. The van der Waals surface area contributed by atoms with Crippen LogP contribution in [0.3, 0.4) is 0 Å². The third kappa shape index (κ3) is 4.85. The van der Waals surface area contributed by atoms with Gasteiger partial charge in [0.2, 0.25) is 0 Å². The monoisotopic (exact) mass is 381 g/mol. The molecule has 0 aliphatic carbocycles. The SMILES string of the molecule is CCOC(=O)c1c(NC(=O)COC(=O)Cn2cnnn2)sc(CC)c1C. The second kappa shape index (κ2) is 9.04. The van der Waals surface area contributed by atoms with E-state index in [0.29, 0.717) is 10.6 Å². The minimum atomic E-state index is -0.658. The molecule has 11 heteroatoms. The van der Waals surface area contributed by atoms with Gasteiger partial charge in [-0.3, -0.25) is 9.59 Å². The summed E-state index contributed by atoms with van der Waals surface area (Å²) < 4.78 is 11.1. The van der Waals surface area contributed by atoms with E-state index >= 15 is 0 Å². The highest BCUT2D eigenvalue weighted by atomic mass is 32.1. The number of aromatic nitrogens is 4. The number of aryl methyl sites for hydroxylation is 1. The lowest BCUT2D eigenvalue weighted by molar-refractivity contribution is -0.148. The van der Waals surface area contributed by atoms with E-state index in [0.717, 1.165) is 16.9 Å². The fourth-order valence-electron chi connectivity index (χ4n) is 2.17. The minimum absolute atomic E-state index is 0.202. The smallest absolute Gasteiger partial charge is 0.341 e. The van der Waals surface area contributed by atoms with E-state index < -0.39 is 24.5 Å². The molecule has 10 nitrogen and oxygen atoms in total. The zero-order valence-corrected chi connectivity index (χ0v) is 15.5. The molecule has 0 aliphatic heterocycles. The molecule has 0 saturated heterocycles. The van der Waals surface area contributed by atoms with Crippen LogP contribution in [0.15, 0.2) is 6.33 Å². The molecule has 0 spiro atoms. The Morgan fingerprint density at radius 1 is 1.27 bits per heavy atom. The molecule has 0 atom stereocenters. The zero-order chi connectivity index (χ0) is 19.1. The van der Waals surface area contributed by atoms with Crippen molar-refractivity contribution in [2.75, 3.05) is 18.5 Å². The van der Waals surface area contributed by atoms with Gasteiger partial charge in [-0.2, -0.15) is 0 Å². The lowest BCUT2D eigenvalue weighted by atomic mass is 10.1. The molecule has 0 aliphatic rings. The van der Waals surface area contributed by atoms with Crippen molar-refractivity contribution in [2.24, 2.45) is 0 Å². The fourth-order valence-corrected chi connectivity index (χ4v) is 3.32. The second-order valence-corrected chi connectivity index (χ2v) is 6.25. The summed E-state index contributed by atoms with van der Waals surface area (Å²) in [6.45, 7) is 5.03. The van der Waals surface area contributed by atoms with Gasteiger partial charge in [0.25, 0.3) is 5.91 Å². The number of rotatable bonds is 8. The average Bonchev–Trinajstić information content (AvgIpc) is 3.21. The number of thiophene rings is 1. The largest absolute Gasteiger partial charge is 0.462 e. The number of hydrogen-bond donors (Lipinski definition) is 1. The third-order valence-electron chi connectivity index (χ3n) is 3.35. The van der Waals surface area contributed by atoms with Gasteiger partial charge in [0, 0.05) is 4.88 Å². The minimum Gasteiger partial charge on any atom is -0.462 e. The predicted octanol–water partition coefficient (Wildman–Crippen LogP) is 0.964. The summed E-state index contributed by atoms with van der Waals surface area (Å²) in [6.07, 6.45) is 1.98. The van der Waals surface area contributed by atoms with E-state index in [1.807, 2.05) is 13.8 Å². The molecule has 2 aromatic heterocycles. The molecule has 0 aromatic carbocycles. The molecule has 1 N–H and O–H groups in total. The average molecular weight is 381 g/mol. The number of nitrogens with zero attached hydrogens (tertiary/aromatic N) is 4. The maximum atomic E-state index is 12.2. The number of carbonyl (C=O) groups is 3. The van der Waals surface area contributed by atoms with Crippen molar-refractivity contribution < 1.29 is 23.9 Å². The van der Waals surface area contributed by atoms with Gasteiger partial charge in [0.15, 0.2) is 6.61 Å². The summed E-state index contributed by atoms with van der Waals surface area (Å²) in [5.41, 5.74) is 1.11. The molecule has 140 valence electrons. The van der Waals surface area contributed by atoms with Crippen molar-refractivity contribution in [2.45, 2.75) is 33.7 Å². The Hall–Kier alpha value is -2.82. The molecule has 0 saturated carbocycles. The molecule has 0 unspecified atom stereocenters. The Bertz CT molecular complexity index is 787. The first-order valence-electron chi connectivity index (χ1n) is 7.91. The van der Waals surface area contributed by atoms with Gasteiger partial charge in [0.1, 0.15) is 17.9 Å². The summed E-state index contributed by atoms with van der Waals surface area (Å²) in [5.74, 6) is -1.70. The van der Waals surface area contributed by atoms with Crippen LogP contribution in [-0.4, -0.2) is 51.3 Å². The molecule has 0 bridgehead atoms. The van der Waals surface area contributed by atoms with E-state index in [1.54, 1.807) is 6.92 Å². The number of esters is 2. The first-order valence-corrected chi connectivity index (χ1v) is 8.73. The first-order chi connectivity index (χ1) is 12.5. The van der Waals surface area contributed by atoms with E-state index in [1.165, 1.54) is 22.3 Å². The van der Waals surface area contributed by atoms with Crippen LogP contribution in [0.25, 0.3) is 0 Å². The Balaban J connectivity index is 1.99. The lowest BCUT2D eigenvalue weighted by Crippen LogP contribution is -2.23. The Morgan fingerprint density at radius 3 is 2.65 bits per heavy atom. The van der Waals surface area contributed by atoms with Crippen molar-refractivity contribution in [1.82, 2.24) is 20.2 Å². The molecule has 0 radical (unpaired) electrons. The highest BCUT2D eigenvalue weighted by Crippen LogP contribution is 2.34. The topological polar surface area (TPSA) is 125 Å². The van der Waals surface area contributed by atoms with E-state index in [9.17, 15) is 14.4 Å². The lowest BCUT2D eigenvalue weighted by Gasteiger charge is -2.08. The summed E-state index contributed by atoms with van der Waals surface area (Å²) in [7, 11) is 0. The molecule has 2 rings (SSSR count). The first kappa shape index (κ1) is 19.5. The molecular weight excluding hydrogens is 362 g/mol. The van der Waals surface area contributed by atoms with E-state index in [2.05, 4.69) is 20.8 Å². The van der Waals surface area contributed by atoms with Crippen LogP contribution in [0.1, 0.15) is 34.6 Å². The number of amides is 1. The van der Waals surface area contributed by atoms with Crippen LogP contribution >= 0.6 is 11.3 Å². The zero-order valence-electron chi connectivity index (χ0n) is 14.6. The van der Waals surface area contributed by atoms with Crippen LogP contribution in [-0.2, 0) is 32.0 Å². The van der Waals surface area contributed by atoms with Crippen molar-refractivity contribution in [1.29, 1.82) is 0 Å². The number of ether oxygens (including phenoxy) is 2. The van der Waals surface area contributed by atoms with Crippen molar-refractivity contribution >= 4 is 34.2 Å². The summed E-state index contributed by atoms with van der Waals surface area (Å²) in [5, 5.41) is 13.3. The molecule has 2 heterocycles. The number of hydrogen-bond acceptors (Lipinski definition) is 9. The van der Waals surface area contributed by atoms with Crippen LogP contribution < -0.4 is 5.32 Å². The molecule has 2 aromatic rings. The second-order valence-electron chi connectivity index (χ2n) is 5.14. The molecule has 1 amide bonds. The highest BCUT2D eigenvalue weighted by molar-refractivity contribution is 7.17. The van der Waals surface area contributed by atoms with Crippen LogP contribution in [0.5, 0.6) is 0 Å². The van der Waals surface area contributed by atoms with Crippen molar-refractivity contribution in [3.05, 3.63) is 22.3 Å². The maximum absolute atomic E-state index is 12.2. The van der Waals surface area contributed by atoms with Crippen molar-refractivity contribution in [3.8, 4) is 0 Å². The molecule has 0 fully saturated rings. The van der Waals surface area contributed by atoms with Gasteiger partial charge in [-0.05, 0) is 36.3 Å². The molecular formula is C15H19N5O5S. The normalized spacial score (nSPS) is 10.4. The number of tetrazole rings is 1. The maximum Gasteiger partial charge on any atom is 0.341 e. The quantitative estimate of drug-likeness (QED) is 0.670. The van der Waals surface area contributed by atoms with Crippen LogP contribution in [0.2, 0.25) is 0 Å². The van der Waals surface area contributed by atoms with Gasteiger partial charge in [-0.15, -0.1) is 16.4 Å². The third-order valence-corrected chi connectivity index (χ3v) is 4.70. The van der Waals surface area contributed by atoms with Crippen LogP contribution in [0, 0.1) is 6.92 Å². The van der Waals surface area contributed by atoms with Gasteiger partial charge >= 0.3 is 11.9 Å². The standard InChI is InChI=1S/C15H19N5O5S/c1-4-10-9(3)13(15(23)24-5-2)14(26-10)17-11(21)7-25-12(22)6-20-8-16-18-19-20/h8H,4-7H2,1-3H3,(H,17,21). The number of anilines is 1. The van der Waals surface area contributed by atoms with Gasteiger partial charge in [-0.1, -0.05) is 6.92 Å². The summed E-state index contributed by atoms with van der Waals surface area (Å²) >= 11 is 1.30. The number of carbonyl (C=O) groups excluding carboxylic acids is 3. The van der Waals surface area contributed by atoms with Crippen LogP contribution in [0.4, 0.5) is 5.00 Å². The fraction of sp³-hybridized carbons (Fsp3) is 0.467. The van der Waals surface area contributed by atoms with Gasteiger partial charge in [-0.25, -0.2) is 9.48 Å².